The number of carboxylic acids is 1. The maximum Gasteiger partial charge on any atom is 0.303 e. The number of aliphatic carboxylic acids is 1. The van der Waals surface area contributed by atoms with Gasteiger partial charge >= 0.3 is 5.97 Å². The van der Waals surface area contributed by atoms with Crippen molar-refractivity contribution in [3.63, 3.8) is 0 Å². The number of carboxylic acid groups (broad SMARTS) is 1. The van der Waals surface area contributed by atoms with Crippen LogP contribution < -0.4 is 0 Å². The number of rotatable bonds is 5. The summed E-state index contributed by atoms with van der Waals surface area (Å²) in [5.41, 5.74) is 0.593. The molecule has 2 N–H and O–H groups in total. The smallest absolute Gasteiger partial charge is 0.303 e. The number of amides is 1. The van der Waals surface area contributed by atoms with Gasteiger partial charge in [-0.1, -0.05) is 30.3 Å². The summed E-state index contributed by atoms with van der Waals surface area (Å²) in [6, 6.07) is 8.88. The van der Waals surface area contributed by atoms with Gasteiger partial charge in [0.2, 0.25) is 0 Å². The molecule has 1 fully saturated rings. The minimum absolute atomic E-state index is 0.133. The lowest BCUT2D eigenvalue weighted by atomic mass is 9.93. The molecule has 0 radical (unpaired) electrons. The Morgan fingerprint density at radius 2 is 2.00 bits per heavy atom. The van der Waals surface area contributed by atoms with Gasteiger partial charge in [-0.3, -0.25) is 9.59 Å². The summed E-state index contributed by atoms with van der Waals surface area (Å²) in [5, 5.41) is 18.9. The SMILES string of the molecule is O=C(O)CCC1CCCN(C(=O)[C@H](O)c2ccccc2)C1. The molecule has 114 valence electrons. The van der Waals surface area contributed by atoms with E-state index >= 15 is 0 Å². The van der Waals surface area contributed by atoms with Crippen LogP contribution in [0.15, 0.2) is 30.3 Å². The number of aliphatic hydroxyl groups excluding tert-OH is 1. The van der Waals surface area contributed by atoms with Gasteiger partial charge in [0.05, 0.1) is 0 Å². The third kappa shape index (κ3) is 4.29. The summed E-state index contributed by atoms with van der Waals surface area (Å²) in [6.45, 7) is 1.17. The maximum atomic E-state index is 12.3. The lowest BCUT2D eigenvalue weighted by molar-refractivity contribution is -0.142. The Hall–Kier alpha value is -1.88. The van der Waals surface area contributed by atoms with E-state index in [1.807, 2.05) is 6.07 Å². The summed E-state index contributed by atoms with van der Waals surface area (Å²) >= 11 is 0. The number of benzene rings is 1. The molecule has 0 bridgehead atoms. The normalized spacial score (nSPS) is 20.0. The largest absolute Gasteiger partial charge is 0.481 e. The summed E-state index contributed by atoms with van der Waals surface area (Å²) < 4.78 is 0. The van der Waals surface area contributed by atoms with E-state index in [2.05, 4.69) is 0 Å². The van der Waals surface area contributed by atoms with E-state index in [9.17, 15) is 14.7 Å². The first-order chi connectivity index (χ1) is 10.1. The standard InChI is InChI=1S/C16H21NO4/c18-14(19)9-8-12-5-4-10-17(11-12)16(21)15(20)13-6-2-1-3-7-13/h1-3,6-7,12,15,20H,4-5,8-11H2,(H,18,19)/t12?,15-/m1/s1. The quantitative estimate of drug-likeness (QED) is 0.867. The van der Waals surface area contributed by atoms with Crippen molar-refractivity contribution in [2.75, 3.05) is 13.1 Å². The lowest BCUT2D eigenvalue weighted by Gasteiger charge is -2.34. The highest BCUT2D eigenvalue weighted by molar-refractivity contribution is 5.82. The van der Waals surface area contributed by atoms with Crippen LogP contribution in [0.4, 0.5) is 0 Å². The van der Waals surface area contributed by atoms with Gasteiger partial charge in [-0.15, -0.1) is 0 Å². The zero-order valence-corrected chi connectivity index (χ0v) is 11.9. The molecule has 1 aliphatic heterocycles. The van der Waals surface area contributed by atoms with Crippen molar-refractivity contribution in [1.82, 2.24) is 4.90 Å². The number of hydrogen-bond acceptors (Lipinski definition) is 3. The zero-order valence-electron chi connectivity index (χ0n) is 11.9. The first-order valence-electron chi connectivity index (χ1n) is 7.31. The van der Waals surface area contributed by atoms with Crippen LogP contribution in [0.25, 0.3) is 0 Å². The molecule has 1 amide bonds. The van der Waals surface area contributed by atoms with Crippen LogP contribution >= 0.6 is 0 Å². The maximum absolute atomic E-state index is 12.3. The van der Waals surface area contributed by atoms with E-state index in [0.29, 0.717) is 25.1 Å². The fraction of sp³-hybridized carbons (Fsp3) is 0.500. The minimum Gasteiger partial charge on any atom is -0.481 e. The summed E-state index contributed by atoms with van der Waals surface area (Å²) in [6.07, 6.45) is 1.38. The number of carbonyl (C=O) groups is 2. The van der Waals surface area contributed by atoms with Crippen molar-refractivity contribution in [3.8, 4) is 0 Å². The van der Waals surface area contributed by atoms with Crippen LogP contribution in [0.3, 0.4) is 0 Å². The van der Waals surface area contributed by atoms with Crippen LogP contribution in [-0.4, -0.2) is 40.1 Å². The molecule has 1 aromatic rings. The Bertz CT molecular complexity index is 488. The van der Waals surface area contributed by atoms with E-state index in [4.69, 9.17) is 5.11 Å². The Balaban J connectivity index is 1.94. The summed E-state index contributed by atoms with van der Waals surface area (Å²) in [7, 11) is 0. The van der Waals surface area contributed by atoms with E-state index in [0.717, 1.165) is 12.8 Å². The number of carbonyl (C=O) groups excluding carboxylic acids is 1. The van der Waals surface area contributed by atoms with Crippen LogP contribution in [0.1, 0.15) is 37.4 Å². The number of nitrogens with zero attached hydrogens (tertiary/aromatic N) is 1. The molecule has 5 heteroatoms. The highest BCUT2D eigenvalue weighted by atomic mass is 16.4. The molecule has 1 heterocycles. The third-order valence-corrected chi connectivity index (χ3v) is 3.95. The molecular formula is C16H21NO4. The van der Waals surface area contributed by atoms with Crippen molar-refractivity contribution < 1.29 is 19.8 Å². The fourth-order valence-electron chi connectivity index (χ4n) is 2.78. The van der Waals surface area contributed by atoms with Crippen molar-refractivity contribution >= 4 is 11.9 Å². The molecular weight excluding hydrogens is 270 g/mol. The van der Waals surface area contributed by atoms with Crippen molar-refractivity contribution in [3.05, 3.63) is 35.9 Å². The van der Waals surface area contributed by atoms with E-state index < -0.39 is 12.1 Å². The molecule has 2 atom stereocenters. The highest BCUT2D eigenvalue weighted by Crippen LogP contribution is 2.24. The van der Waals surface area contributed by atoms with E-state index in [1.54, 1.807) is 29.2 Å². The molecule has 0 saturated carbocycles. The predicted octanol–water partition coefficient (Wildman–Crippen LogP) is 1.82. The lowest BCUT2D eigenvalue weighted by Crippen LogP contribution is -2.42. The monoisotopic (exact) mass is 291 g/mol. The Labute approximate surface area is 124 Å². The van der Waals surface area contributed by atoms with Gasteiger partial charge in [-0.05, 0) is 30.7 Å². The van der Waals surface area contributed by atoms with Crippen LogP contribution in [0, 0.1) is 5.92 Å². The molecule has 21 heavy (non-hydrogen) atoms. The Kier molecular flexibility index (Phi) is 5.33. The van der Waals surface area contributed by atoms with Crippen molar-refractivity contribution in [2.24, 2.45) is 5.92 Å². The van der Waals surface area contributed by atoms with E-state index in [1.165, 1.54) is 0 Å². The van der Waals surface area contributed by atoms with Gasteiger partial charge in [0, 0.05) is 19.5 Å². The van der Waals surface area contributed by atoms with Crippen LogP contribution in [0.5, 0.6) is 0 Å². The second kappa shape index (κ2) is 7.22. The average molecular weight is 291 g/mol. The molecule has 0 aromatic heterocycles. The number of likely N-dealkylation sites (tertiary alicyclic amines) is 1. The van der Waals surface area contributed by atoms with Crippen molar-refractivity contribution in [1.29, 1.82) is 0 Å². The van der Waals surface area contributed by atoms with Gasteiger partial charge in [0.15, 0.2) is 6.10 Å². The molecule has 2 rings (SSSR count). The topological polar surface area (TPSA) is 77.8 Å². The zero-order chi connectivity index (χ0) is 15.2. The Morgan fingerprint density at radius 3 is 2.67 bits per heavy atom. The predicted molar refractivity (Wildman–Crippen MR) is 77.6 cm³/mol. The van der Waals surface area contributed by atoms with Crippen LogP contribution in [0.2, 0.25) is 0 Å². The molecule has 0 spiro atoms. The summed E-state index contributed by atoms with van der Waals surface area (Å²) in [4.78, 5) is 24.6. The average Bonchev–Trinajstić information content (AvgIpc) is 2.52. The fourth-order valence-corrected chi connectivity index (χ4v) is 2.78. The van der Waals surface area contributed by atoms with Crippen LogP contribution in [-0.2, 0) is 9.59 Å². The first-order valence-corrected chi connectivity index (χ1v) is 7.31. The molecule has 1 saturated heterocycles. The molecule has 1 aromatic carbocycles. The number of hydrogen-bond donors (Lipinski definition) is 2. The van der Waals surface area contributed by atoms with Gasteiger partial charge in [-0.25, -0.2) is 0 Å². The molecule has 1 unspecified atom stereocenters. The van der Waals surface area contributed by atoms with Crippen molar-refractivity contribution in [2.45, 2.75) is 31.8 Å². The molecule has 1 aliphatic rings. The Morgan fingerprint density at radius 1 is 1.29 bits per heavy atom. The first kappa shape index (κ1) is 15.5. The second-order valence-corrected chi connectivity index (χ2v) is 5.54. The minimum atomic E-state index is -1.13. The summed E-state index contributed by atoms with van der Waals surface area (Å²) in [5.74, 6) is -0.884. The van der Waals surface area contributed by atoms with Gasteiger partial charge in [-0.2, -0.15) is 0 Å². The van der Waals surface area contributed by atoms with Gasteiger partial charge in [0.25, 0.3) is 5.91 Å². The molecule has 5 nitrogen and oxygen atoms in total. The van der Waals surface area contributed by atoms with E-state index in [-0.39, 0.29) is 18.2 Å². The third-order valence-electron chi connectivity index (χ3n) is 3.95. The highest BCUT2D eigenvalue weighted by Gasteiger charge is 2.28. The molecule has 0 aliphatic carbocycles. The number of piperidine rings is 1. The second-order valence-electron chi connectivity index (χ2n) is 5.54. The van der Waals surface area contributed by atoms with Gasteiger partial charge in [0.1, 0.15) is 0 Å². The van der Waals surface area contributed by atoms with Gasteiger partial charge < -0.3 is 15.1 Å². The number of aliphatic hydroxyl groups is 1.